The lowest BCUT2D eigenvalue weighted by molar-refractivity contribution is -0.118. The van der Waals surface area contributed by atoms with Crippen LogP contribution in [-0.2, 0) is 15.6 Å². The molecule has 9 heteroatoms. The summed E-state index contributed by atoms with van der Waals surface area (Å²) in [5.41, 5.74) is 3.78. The molecule has 0 atom stereocenters. The van der Waals surface area contributed by atoms with E-state index in [1.54, 1.807) is 60.7 Å². The number of halogens is 2. The van der Waals surface area contributed by atoms with Crippen LogP contribution in [0.25, 0.3) is 16.9 Å². The standard InChI is InChI=1S/C39H41BrClN3O4/c1-7-38(3,4)26-18-21-33(30(22-26)39(5,6)8-2)47-24-34(45)42-31-14-9-10-15-32(31)44-37(46)36(48-29-13-11-12-27(40)23-29)35(43-44)25-16-19-28(41)20-17-25/h9-23,43H,7-8,24H2,1-6H3,(H,42,45). The van der Waals surface area contributed by atoms with Gasteiger partial charge in [0.25, 0.3) is 5.91 Å². The van der Waals surface area contributed by atoms with Gasteiger partial charge in [0, 0.05) is 20.6 Å². The Bertz CT molecular complexity index is 1980. The summed E-state index contributed by atoms with van der Waals surface area (Å²) < 4.78 is 14.5. The quantitative estimate of drug-likeness (QED) is 0.134. The molecule has 0 aliphatic carbocycles. The number of hydrogen-bond donors (Lipinski definition) is 2. The first-order valence-corrected chi connectivity index (χ1v) is 17.2. The second kappa shape index (κ2) is 14.5. The Morgan fingerprint density at radius 1 is 0.896 bits per heavy atom. The van der Waals surface area contributed by atoms with Gasteiger partial charge in [-0.15, -0.1) is 0 Å². The second-order valence-electron chi connectivity index (χ2n) is 13.1. The summed E-state index contributed by atoms with van der Waals surface area (Å²) in [5, 5.41) is 6.72. The lowest BCUT2D eigenvalue weighted by Crippen LogP contribution is -2.25. The summed E-state index contributed by atoms with van der Waals surface area (Å²) in [7, 11) is 0. The van der Waals surface area contributed by atoms with Crippen LogP contribution in [0, 0.1) is 0 Å². The third-order valence-electron chi connectivity index (χ3n) is 9.03. The number of nitrogens with zero attached hydrogens (tertiary/aromatic N) is 1. The third-order valence-corrected chi connectivity index (χ3v) is 9.78. The molecule has 1 aromatic heterocycles. The van der Waals surface area contributed by atoms with Gasteiger partial charge in [-0.25, -0.2) is 4.68 Å². The molecule has 0 saturated heterocycles. The molecule has 0 radical (unpaired) electrons. The molecule has 48 heavy (non-hydrogen) atoms. The van der Waals surface area contributed by atoms with Gasteiger partial charge in [-0.05, 0) is 77.8 Å². The van der Waals surface area contributed by atoms with E-state index >= 15 is 0 Å². The van der Waals surface area contributed by atoms with Crippen LogP contribution in [0.5, 0.6) is 17.2 Å². The summed E-state index contributed by atoms with van der Waals surface area (Å²) in [5.74, 6) is 0.909. The van der Waals surface area contributed by atoms with Crippen LogP contribution in [0.1, 0.15) is 65.5 Å². The Morgan fingerprint density at radius 3 is 2.29 bits per heavy atom. The first-order chi connectivity index (χ1) is 22.8. The van der Waals surface area contributed by atoms with Crippen LogP contribution < -0.4 is 20.3 Å². The predicted octanol–water partition coefficient (Wildman–Crippen LogP) is 10.4. The SMILES string of the molecule is CCC(C)(C)c1ccc(OCC(=O)Nc2ccccc2-n2[nH]c(-c3ccc(Cl)cc3)c(Oc3cccc(Br)c3)c2=O)c(C(C)(C)CC)c1. The summed E-state index contributed by atoms with van der Waals surface area (Å²) in [4.78, 5) is 27.4. The van der Waals surface area contributed by atoms with Crippen LogP contribution in [0.4, 0.5) is 5.69 Å². The van der Waals surface area contributed by atoms with E-state index in [0.717, 1.165) is 22.9 Å². The van der Waals surface area contributed by atoms with Crippen LogP contribution in [0.3, 0.4) is 0 Å². The highest BCUT2D eigenvalue weighted by molar-refractivity contribution is 9.10. The monoisotopic (exact) mass is 729 g/mol. The van der Waals surface area contributed by atoms with Crippen molar-refractivity contribution in [3.63, 3.8) is 0 Å². The van der Waals surface area contributed by atoms with E-state index in [2.05, 4.69) is 80.0 Å². The first kappa shape index (κ1) is 35.0. The zero-order chi connectivity index (χ0) is 34.6. The molecular weight excluding hydrogens is 690 g/mol. The maximum Gasteiger partial charge on any atom is 0.314 e. The molecule has 5 aromatic rings. The van der Waals surface area contributed by atoms with Crippen molar-refractivity contribution in [1.82, 2.24) is 9.78 Å². The molecule has 250 valence electrons. The number of ether oxygens (including phenoxy) is 2. The van der Waals surface area contributed by atoms with Crippen LogP contribution in [-0.4, -0.2) is 22.3 Å². The molecule has 0 unspecified atom stereocenters. The minimum atomic E-state index is -0.431. The largest absolute Gasteiger partial charge is 0.483 e. The number of nitrogens with one attached hydrogen (secondary N) is 2. The van der Waals surface area contributed by atoms with Crippen molar-refractivity contribution < 1.29 is 14.3 Å². The lowest BCUT2D eigenvalue weighted by atomic mass is 9.76. The van der Waals surface area contributed by atoms with Gasteiger partial charge in [0.15, 0.2) is 6.61 Å². The van der Waals surface area contributed by atoms with Gasteiger partial charge in [0.2, 0.25) is 5.75 Å². The highest BCUT2D eigenvalue weighted by atomic mass is 79.9. The van der Waals surface area contributed by atoms with Crippen molar-refractivity contribution in [3.8, 4) is 34.2 Å². The van der Waals surface area contributed by atoms with Crippen molar-refractivity contribution in [2.75, 3.05) is 11.9 Å². The van der Waals surface area contributed by atoms with Crippen molar-refractivity contribution in [2.24, 2.45) is 0 Å². The van der Waals surface area contributed by atoms with Gasteiger partial charge in [0.1, 0.15) is 17.2 Å². The Morgan fingerprint density at radius 2 is 1.60 bits per heavy atom. The Labute approximate surface area is 295 Å². The van der Waals surface area contributed by atoms with Crippen molar-refractivity contribution >= 4 is 39.1 Å². The minimum Gasteiger partial charge on any atom is -0.483 e. The van der Waals surface area contributed by atoms with Gasteiger partial charge < -0.3 is 14.8 Å². The Kier molecular flexibility index (Phi) is 10.6. The zero-order valence-corrected chi connectivity index (χ0v) is 30.5. The first-order valence-electron chi connectivity index (χ1n) is 16.0. The van der Waals surface area contributed by atoms with Gasteiger partial charge in [-0.3, -0.25) is 14.7 Å². The minimum absolute atomic E-state index is 0.0182. The number of rotatable bonds is 12. The van der Waals surface area contributed by atoms with Crippen LogP contribution >= 0.6 is 27.5 Å². The molecule has 1 heterocycles. The van der Waals surface area contributed by atoms with Crippen LogP contribution in [0.2, 0.25) is 5.02 Å². The summed E-state index contributed by atoms with van der Waals surface area (Å²) >= 11 is 9.62. The smallest absolute Gasteiger partial charge is 0.314 e. The number of H-pyrrole nitrogens is 1. The molecule has 0 aliphatic rings. The van der Waals surface area contributed by atoms with Gasteiger partial charge in [-0.2, -0.15) is 0 Å². The molecule has 0 saturated carbocycles. The molecular formula is C39H41BrClN3O4. The highest BCUT2D eigenvalue weighted by Crippen LogP contribution is 2.39. The van der Waals surface area contributed by atoms with Gasteiger partial charge in [0.05, 0.1) is 11.4 Å². The molecule has 4 aromatic carbocycles. The predicted molar refractivity (Wildman–Crippen MR) is 198 cm³/mol. The highest BCUT2D eigenvalue weighted by Gasteiger charge is 2.27. The molecule has 0 fully saturated rings. The second-order valence-corrected chi connectivity index (χ2v) is 14.4. The Hall–Kier alpha value is -4.27. The van der Waals surface area contributed by atoms with E-state index in [0.29, 0.717) is 39.2 Å². The number of aromatic nitrogens is 2. The average molecular weight is 731 g/mol. The fourth-order valence-corrected chi connectivity index (χ4v) is 5.76. The number of carbonyl (C=O) groups excluding carboxylic acids is 1. The summed E-state index contributed by atoms with van der Waals surface area (Å²) in [6, 6.07) is 27.7. The zero-order valence-electron chi connectivity index (χ0n) is 28.1. The van der Waals surface area contributed by atoms with E-state index in [1.165, 1.54) is 10.2 Å². The topological polar surface area (TPSA) is 85.3 Å². The van der Waals surface area contributed by atoms with Gasteiger partial charge >= 0.3 is 5.56 Å². The number of hydrogen-bond acceptors (Lipinski definition) is 4. The van der Waals surface area contributed by atoms with E-state index in [1.807, 2.05) is 18.2 Å². The summed E-state index contributed by atoms with van der Waals surface area (Å²) in [6.45, 7) is 13.0. The normalized spacial score (nSPS) is 11.8. The van der Waals surface area contributed by atoms with E-state index < -0.39 is 5.56 Å². The fourth-order valence-electron chi connectivity index (χ4n) is 5.25. The lowest BCUT2D eigenvalue weighted by Gasteiger charge is -2.30. The molecule has 2 N–H and O–H groups in total. The number of aromatic amines is 1. The molecule has 0 bridgehead atoms. The maximum atomic E-state index is 14.0. The summed E-state index contributed by atoms with van der Waals surface area (Å²) in [6.07, 6.45) is 1.92. The van der Waals surface area contributed by atoms with Crippen LogP contribution in [0.15, 0.2) is 100 Å². The third kappa shape index (κ3) is 7.71. The van der Waals surface area contributed by atoms with E-state index in [9.17, 15) is 9.59 Å². The fraction of sp³-hybridized carbons (Fsp3) is 0.282. The van der Waals surface area contributed by atoms with Crippen molar-refractivity contribution in [2.45, 2.75) is 65.2 Å². The van der Waals surface area contributed by atoms with Crippen molar-refractivity contribution in [1.29, 1.82) is 0 Å². The number of para-hydroxylation sites is 2. The molecule has 1 amide bonds. The Balaban J connectivity index is 1.45. The number of amides is 1. The molecule has 7 nitrogen and oxygen atoms in total. The molecule has 5 rings (SSSR count). The molecule has 0 aliphatic heterocycles. The van der Waals surface area contributed by atoms with Gasteiger partial charge in [-0.1, -0.05) is 112 Å². The number of carbonyl (C=O) groups is 1. The van der Waals surface area contributed by atoms with Crippen molar-refractivity contribution in [3.05, 3.63) is 122 Å². The average Bonchev–Trinajstić information content (AvgIpc) is 3.39. The number of benzene rings is 4. The maximum absolute atomic E-state index is 14.0. The molecule has 0 spiro atoms. The van der Waals surface area contributed by atoms with E-state index in [-0.39, 0.29) is 29.1 Å². The number of anilines is 1. The van der Waals surface area contributed by atoms with E-state index in [4.69, 9.17) is 21.1 Å².